The third-order valence-corrected chi connectivity index (χ3v) is 3.17. The molecule has 3 N–H and O–H groups in total. The highest BCUT2D eigenvalue weighted by Crippen LogP contribution is 2.21. The fourth-order valence-electron chi connectivity index (χ4n) is 0.848. The highest BCUT2D eigenvalue weighted by molar-refractivity contribution is 7.99. The highest BCUT2D eigenvalue weighted by Gasteiger charge is 2.15. The maximum Gasteiger partial charge on any atom is 0.221 e. The van der Waals surface area contributed by atoms with E-state index in [1.54, 1.807) is 6.20 Å². The minimum absolute atomic E-state index is 0.194. The second-order valence-electron chi connectivity index (χ2n) is 3.62. The van der Waals surface area contributed by atoms with Crippen molar-refractivity contribution in [3.05, 3.63) is 12.3 Å². The van der Waals surface area contributed by atoms with Crippen LogP contribution in [0.1, 0.15) is 13.8 Å². The first kappa shape index (κ1) is 11.1. The molecule has 1 heterocycles. The van der Waals surface area contributed by atoms with Gasteiger partial charge in [-0.3, -0.25) is 0 Å². The Morgan fingerprint density at radius 1 is 1.57 bits per heavy atom. The SMILES string of the molecule is CSC(C)(C)CNc1ccnc(N)n1. The van der Waals surface area contributed by atoms with Crippen LogP contribution in [-0.2, 0) is 0 Å². The number of hydrogen-bond acceptors (Lipinski definition) is 5. The summed E-state index contributed by atoms with van der Waals surface area (Å²) in [6.07, 6.45) is 3.74. The van der Waals surface area contributed by atoms with Crippen LogP contribution in [0.4, 0.5) is 11.8 Å². The van der Waals surface area contributed by atoms with Gasteiger partial charge < -0.3 is 11.1 Å². The van der Waals surface area contributed by atoms with E-state index in [4.69, 9.17) is 5.73 Å². The third-order valence-electron chi connectivity index (χ3n) is 1.92. The lowest BCUT2D eigenvalue weighted by Crippen LogP contribution is -2.26. The number of anilines is 2. The Morgan fingerprint density at radius 2 is 2.29 bits per heavy atom. The Bertz CT molecular complexity index is 301. The predicted molar refractivity (Wildman–Crippen MR) is 62.5 cm³/mol. The number of nitrogens with zero attached hydrogens (tertiary/aromatic N) is 2. The molecular weight excluding hydrogens is 196 g/mol. The molecule has 0 aliphatic heterocycles. The summed E-state index contributed by atoms with van der Waals surface area (Å²) < 4.78 is 0.194. The topological polar surface area (TPSA) is 63.8 Å². The van der Waals surface area contributed by atoms with E-state index in [0.29, 0.717) is 5.95 Å². The van der Waals surface area contributed by atoms with Gasteiger partial charge in [-0.15, -0.1) is 0 Å². The minimum Gasteiger partial charge on any atom is -0.369 e. The largest absolute Gasteiger partial charge is 0.369 e. The fourth-order valence-corrected chi connectivity index (χ4v) is 1.06. The van der Waals surface area contributed by atoms with Gasteiger partial charge in [0.05, 0.1) is 0 Å². The molecule has 0 aliphatic carbocycles. The van der Waals surface area contributed by atoms with Crippen LogP contribution in [0.25, 0.3) is 0 Å². The Morgan fingerprint density at radius 3 is 2.86 bits per heavy atom. The van der Waals surface area contributed by atoms with Crippen molar-refractivity contribution < 1.29 is 0 Å². The monoisotopic (exact) mass is 212 g/mol. The minimum atomic E-state index is 0.194. The van der Waals surface area contributed by atoms with Gasteiger partial charge in [-0.2, -0.15) is 16.7 Å². The van der Waals surface area contributed by atoms with Crippen LogP contribution >= 0.6 is 11.8 Å². The van der Waals surface area contributed by atoms with Crippen molar-refractivity contribution in [2.75, 3.05) is 23.9 Å². The summed E-state index contributed by atoms with van der Waals surface area (Å²) in [5, 5.41) is 3.22. The lowest BCUT2D eigenvalue weighted by atomic mass is 10.2. The molecule has 0 radical (unpaired) electrons. The Hall–Kier alpha value is -0.970. The molecule has 0 spiro atoms. The predicted octanol–water partition coefficient (Wildman–Crippen LogP) is 1.61. The lowest BCUT2D eigenvalue weighted by molar-refractivity contribution is 0.750. The zero-order valence-corrected chi connectivity index (χ0v) is 9.56. The van der Waals surface area contributed by atoms with Gasteiger partial charge in [0.15, 0.2) is 0 Å². The average molecular weight is 212 g/mol. The molecule has 0 saturated heterocycles. The van der Waals surface area contributed by atoms with Crippen molar-refractivity contribution in [3.63, 3.8) is 0 Å². The summed E-state index contributed by atoms with van der Waals surface area (Å²) in [4.78, 5) is 7.88. The van der Waals surface area contributed by atoms with Crippen molar-refractivity contribution in [1.29, 1.82) is 0 Å². The molecule has 78 valence electrons. The highest BCUT2D eigenvalue weighted by atomic mass is 32.2. The molecule has 0 fully saturated rings. The fraction of sp³-hybridized carbons (Fsp3) is 0.556. The van der Waals surface area contributed by atoms with E-state index >= 15 is 0 Å². The van der Waals surface area contributed by atoms with Crippen LogP contribution in [0, 0.1) is 0 Å². The Balaban J connectivity index is 2.54. The maximum atomic E-state index is 5.46. The van der Waals surface area contributed by atoms with Crippen LogP contribution in [0.3, 0.4) is 0 Å². The summed E-state index contributed by atoms with van der Waals surface area (Å²) in [5.74, 6) is 1.08. The van der Waals surface area contributed by atoms with Crippen molar-refractivity contribution in [2.24, 2.45) is 0 Å². The van der Waals surface area contributed by atoms with Gasteiger partial charge in [0, 0.05) is 17.5 Å². The summed E-state index contributed by atoms with van der Waals surface area (Å²) in [7, 11) is 0. The molecule has 14 heavy (non-hydrogen) atoms. The normalized spacial score (nSPS) is 11.4. The van der Waals surface area contributed by atoms with Gasteiger partial charge in [0.25, 0.3) is 0 Å². The number of aromatic nitrogens is 2. The molecule has 0 amide bonds. The Kier molecular flexibility index (Phi) is 3.57. The van der Waals surface area contributed by atoms with E-state index in [1.165, 1.54) is 0 Å². The van der Waals surface area contributed by atoms with Crippen LogP contribution in [0.2, 0.25) is 0 Å². The first-order chi connectivity index (χ1) is 6.53. The number of nitrogens with one attached hydrogen (secondary N) is 1. The van der Waals surface area contributed by atoms with Gasteiger partial charge in [0.2, 0.25) is 5.95 Å². The molecule has 0 aliphatic rings. The number of hydrogen-bond donors (Lipinski definition) is 2. The first-order valence-corrected chi connectivity index (χ1v) is 5.63. The molecule has 0 unspecified atom stereocenters. The number of nitrogen functional groups attached to an aromatic ring is 1. The third kappa shape index (κ3) is 3.41. The smallest absolute Gasteiger partial charge is 0.221 e. The molecule has 0 saturated carbocycles. The van der Waals surface area contributed by atoms with Gasteiger partial charge >= 0.3 is 0 Å². The molecule has 1 aromatic heterocycles. The van der Waals surface area contributed by atoms with E-state index in [1.807, 2.05) is 17.8 Å². The molecule has 0 aromatic carbocycles. The number of thioether (sulfide) groups is 1. The van der Waals surface area contributed by atoms with Crippen molar-refractivity contribution in [2.45, 2.75) is 18.6 Å². The zero-order valence-electron chi connectivity index (χ0n) is 8.74. The Labute approximate surface area is 88.7 Å². The van der Waals surface area contributed by atoms with Crippen molar-refractivity contribution in [3.8, 4) is 0 Å². The average Bonchev–Trinajstić information content (AvgIpc) is 2.15. The van der Waals surface area contributed by atoms with E-state index < -0.39 is 0 Å². The van der Waals surface area contributed by atoms with E-state index in [0.717, 1.165) is 12.4 Å². The quantitative estimate of drug-likeness (QED) is 0.794. The summed E-state index contributed by atoms with van der Waals surface area (Å²) in [5.41, 5.74) is 5.46. The number of rotatable bonds is 4. The van der Waals surface area contributed by atoms with Crippen LogP contribution in [0.5, 0.6) is 0 Å². The summed E-state index contributed by atoms with van der Waals surface area (Å²) in [6.45, 7) is 5.20. The van der Waals surface area contributed by atoms with Gasteiger partial charge in [-0.1, -0.05) is 0 Å². The van der Waals surface area contributed by atoms with Crippen molar-refractivity contribution in [1.82, 2.24) is 9.97 Å². The van der Waals surface area contributed by atoms with E-state index in [-0.39, 0.29) is 4.75 Å². The summed E-state index contributed by atoms with van der Waals surface area (Å²) >= 11 is 1.81. The van der Waals surface area contributed by atoms with Crippen LogP contribution < -0.4 is 11.1 Å². The van der Waals surface area contributed by atoms with Crippen LogP contribution in [0.15, 0.2) is 12.3 Å². The van der Waals surface area contributed by atoms with Crippen molar-refractivity contribution >= 4 is 23.5 Å². The van der Waals surface area contributed by atoms with E-state index in [9.17, 15) is 0 Å². The van der Waals surface area contributed by atoms with Crippen LogP contribution in [-0.4, -0.2) is 27.5 Å². The second-order valence-corrected chi connectivity index (χ2v) is 5.13. The van der Waals surface area contributed by atoms with Gasteiger partial charge in [-0.25, -0.2) is 4.98 Å². The van der Waals surface area contributed by atoms with Gasteiger partial charge in [-0.05, 0) is 26.2 Å². The standard InChI is InChI=1S/C9H16N4S/c1-9(2,14-3)6-12-7-4-5-11-8(10)13-7/h4-5H,6H2,1-3H3,(H3,10,11,12,13). The molecule has 5 heteroatoms. The second kappa shape index (κ2) is 4.50. The zero-order chi connectivity index (χ0) is 10.6. The first-order valence-electron chi connectivity index (χ1n) is 4.41. The van der Waals surface area contributed by atoms with Gasteiger partial charge in [0.1, 0.15) is 5.82 Å². The molecule has 0 bridgehead atoms. The molecule has 1 rings (SSSR count). The maximum absolute atomic E-state index is 5.46. The molecule has 0 atom stereocenters. The lowest BCUT2D eigenvalue weighted by Gasteiger charge is -2.22. The molecule has 1 aromatic rings. The molecular formula is C9H16N4S. The molecule has 4 nitrogen and oxygen atoms in total. The summed E-state index contributed by atoms with van der Waals surface area (Å²) in [6, 6.07) is 1.81. The number of nitrogens with two attached hydrogens (primary N) is 1. The van der Waals surface area contributed by atoms with E-state index in [2.05, 4.69) is 35.4 Å².